The summed E-state index contributed by atoms with van der Waals surface area (Å²) in [6.07, 6.45) is 1.48. The topological polar surface area (TPSA) is 78.4 Å². The molecule has 0 aliphatic heterocycles. The highest BCUT2D eigenvalue weighted by Crippen LogP contribution is 2.22. The summed E-state index contributed by atoms with van der Waals surface area (Å²) in [6, 6.07) is 8.42. The van der Waals surface area contributed by atoms with Crippen LogP contribution in [0, 0.1) is 0 Å². The van der Waals surface area contributed by atoms with E-state index in [4.69, 9.17) is 5.11 Å². The van der Waals surface area contributed by atoms with E-state index >= 15 is 0 Å². The number of nitrogens with zero attached hydrogens (tertiary/aromatic N) is 3. The molecule has 6 heteroatoms. The van der Waals surface area contributed by atoms with E-state index in [-0.39, 0.29) is 5.56 Å². The molecule has 2 aromatic rings. The highest BCUT2D eigenvalue weighted by molar-refractivity contribution is 5.88. The van der Waals surface area contributed by atoms with E-state index in [0.717, 1.165) is 17.3 Å². The molecule has 0 unspecified atom stereocenters. The van der Waals surface area contributed by atoms with E-state index in [2.05, 4.69) is 15.3 Å². The number of carboxylic acid groups (broad SMARTS) is 1. The summed E-state index contributed by atoms with van der Waals surface area (Å²) in [5, 5.41) is 11.8. The molecule has 0 radical (unpaired) electrons. The third kappa shape index (κ3) is 2.79. The molecule has 0 saturated heterocycles. The highest BCUT2D eigenvalue weighted by Gasteiger charge is 2.08. The first-order valence-electron chi connectivity index (χ1n) is 5.68. The largest absolute Gasteiger partial charge is 0.478 e. The fraction of sp³-hybridized carbons (Fsp3) is 0.154. The Morgan fingerprint density at radius 1 is 1.26 bits per heavy atom. The summed E-state index contributed by atoms with van der Waals surface area (Å²) in [5.41, 5.74) is 1.11. The summed E-state index contributed by atoms with van der Waals surface area (Å²) in [5.74, 6) is 0.509. The number of hydrogen-bond donors (Lipinski definition) is 2. The third-order valence-electron chi connectivity index (χ3n) is 2.75. The molecule has 1 heterocycles. The van der Waals surface area contributed by atoms with Crippen LogP contribution in [0.1, 0.15) is 10.4 Å². The molecule has 0 saturated carbocycles. The van der Waals surface area contributed by atoms with E-state index in [1.165, 1.54) is 6.33 Å². The van der Waals surface area contributed by atoms with Crippen molar-refractivity contribution < 1.29 is 9.90 Å². The van der Waals surface area contributed by atoms with Gasteiger partial charge in [0.1, 0.15) is 18.0 Å². The number of hydrogen-bond acceptors (Lipinski definition) is 5. The van der Waals surface area contributed by atoms with E-state index in [0.29, 0.717) is 0 Å². The zero-order chi connectivity index (χ0) is 13.8. The van der Waals surface area contributed by atoms with Crippen molar-refractivity contribution in [2.75, 3.05) is 24.3 Å². The van der Waals surface area contributed by atoms with Gasteiger partial charge in [0.05, 0.1) is 5.56 Å². The Bertz CT molecular complexity index is 583. The average Bonchev–Trinajstić information content (AvgIpc) is 2.46. The minimum Gasteiger partial charge on any atom is -0.478 e. The van der Waals surface area contributed by atoms with Crippen molar-refractivity contribution in [1.29, 1.82) is 0 Å². The maximum absolute atomic E-state index is 10.8. The lowest BCUT2D eigenvalue weighted by atomic mass is 10.2. The van der Waals surface area contributed by atoms with Gasteiger partial charge in [-0.1, -0.05) is 0 Å². The predicted octanol–water partition coefficient (Wildman–Crippen LogP) is 1.98. The second kappa shape index (κ2) is 5.34. The van der Waals surface area contributed by atoms with E-state index in [9.17, 15) is 4.79 Å². The summed E-state index contributed by atoms with van der Waals surface area (Å²) in [4.78, 5) is 20.9. The summed E-state index contributed by atoms with van der Waals surface area (Å²) in [7, 11) is 3.64. The fourth-order valence-corrected chi connectivity index (χ4v) is 1.63. The summed E-state index contributed by atoms with van der Waals surface area (Å²) < 4.78 is 0. The molecule has 6 nitrogen and oxygen atoms in total. The van der Waals surface area contributed by atoms with Crippen LogP contribution in [-0.4, -0.2) is 35.1 Å². The Balaban J connectivity index is 2.27. The van der Waals surface area contributed by atoms with Gasteiger partial charge in [-0.25, -0.2) is 14.8 Å². The molecule has 0 amide bonds. The summed E-state index contributed by atoms with van der Waals surface area (Å²) in [6.45, 7) is 0. The maximum atomic E-state index is 10.8. The van der Waals surface area contributed by atoms with Crippen LogP contribution in [0.2, 0.25) is 0 Å². The first-order valence-corrected chi connectivity index (χ1v) is 5.68. The minimum absolute atomic E-state index is 0.260. The molecule has 0 spiro atoms. The van der Waals surface area contributed by atoms with Crippen LogP contribution in [0.25, 0.3) is 0 Å². The molecular weight excluding hydrogens is 244 g/mol. The van der Waals surface area contributed by atoms with Gasteiger partial charge in [0.2, 0.25) is 0 Å². The molecule has 0 aliphatic rings. The van der Waals surface area contributed by atoms with Crippen LogP contribution < -0.4 is 10.2 Å². The van der Waals surface area contributed by atoms with Crippen LogP contribution in [-0.2, 0) is 0 Å². The number of nitrogens with one attached hydrogen (secondary N) is 1. The number of anilines is 3. The molecule has 1 aromatic heterocycles. The Hall–Kier alpha value is -2.63. The Kier molecular flexibility index (Phi) is 3.61. The van der Waals surface area contributed by atoms with Gasteiger partial charge < -0.3 is 15.3 Å². The molecule has 2 N–H and O–H groups in total. The number of aromatic carboxylic acids is 1. The van der Waals surface area contributed by atoms with Crippen LogP contribution in [0.4, 0.5) is 17.3 Å². The van der Waals surface area contributed by atoms with Gasteiger partial charge in [-0.3, -0.25) is 0 Å². The number of carboxylic acids is 1. The Morgan fingerprint density at radius 2 is 1.95 bits per heavy atom. The van der Waals surface area contributed by atoms with Crippen molar-refractivity contribution in [3.63, 3.8) is 0 Å². The smallest absolute Gasteiger partial charge is 0.335 e. The minimum atomic E-state index is -0.936. The number of aromatic nitrogens is 2. The van der Waals surface area contributed by atoms with Gasteiger partial charge in [-0.05, 0) is 24.3 Å². The number of carbonyl (C=O) groups is 1. The maximum Gasteiger partial charge on any atom is 0.335 e. The number of rotatable bonds is 4. The van der Waals surface area contributed by atoms with Gasteiger partial charge in [0.15, 0.2) is 0 Å². The van der Waals surface area contributed by atoms with E-state index < -0.39 is 5.97 Å². The van der Waals surface area contributed by atoms with Crippen LogP contribution >= 0.6 is 0 Å². The van der Waals surface area contributed by atoms with Crippen molar-refractivity contribution in [1.82, 2.24) is 9.97 Å². The lowest BCUT2D eigenvalue weighted by molar-refractivity contribution is 0.0697. The molecule has 0 aliphatic carbocycles. The molecule has 2 rings (SSSR count). The van der Waals surface area contributed by atoms with Crippen molar-refractivity contribution in [2.24, 2.45) is 0 Å². The molecule has 19 heavy (non-hydrogen) atoms. The Morgan fingerprint density at radius 3 is 2.53 bits per heavy atom. The van der Waals surface area contributed by atoms with Crippen molar-refractivity contribution in [3.8, 4) is 0 Å². The second-order valence-electron chi connectivity index (χ2n) is 3.92. The SMILES string of the molecule is CNc1cc(N(C)c2ccc(C(=O)O)cc2)ncn1. The molecule has 1 aromatic carbocycles. The number of benzene rings is 1. The zero-order valence-corrected chi connectivity index (χ0v) is 10.7. The van der Waals surface area contributed by atoms with Gasteiger partial charge in [-0.2, -0.15) is 0 Å². The van der Waals surface area contributed by atoms with Gasteiger partial charge in [0, 0.05) is 25.8 Å². The third-order valence-corrected chi connectivity index (χ3v) is 2.75. The van der Waals surface area contributed by atoms with Crippen LogP contribution in [0.5, 0.6) is 0 Å². The van der Waals surface area contributed by atoms with Gasteiger partial charge in [-0.15, -0.1) is 0 Å². The molecule has 0 bridgehead atoms. The van der Waals surface area contributed by atoms with E-state index in [1.807, 2.05) is 18.0 Å². The van der Waals surface area contributed by atoms with Crippen molar-refractivity contribution in [2.45, 2.75) is 0 Å². The first-order chi connectivity index (χ1) is 9.11. The average molecular weight is 258 g/mol. The molecule has 98 valence electrons. The second-order valence-corrected chi connectivity index (χ2v) is 3.92. The lowest BCUT2D eigenvalue weighted by Crippen LogP contribution is -2.12. The summed E-state index contributed by atoms with van der Waals surface area (Å²) >= 11 is 0. The standard InChI is InChI=1S/C13H14N4O2/c1-14-11-7-12(16-8-15-11)17(2)10-5-3-9(4-6-10)13(18)19/h3-8H,1-2H3,(H,18,19)(H,14,15,16). The quantitative estimate of drug-likeness (QED) is 0.873. The van der Waals surface area contributed by atoms with Crippen molar-refractivity contribution >= 4 is 23.3 Å². The molecule has 0 fully saturated rings. The Labute approximate surface area is 110 Å². The van der Waals surface area contributed by atoms with Crippen LogP contribution in [0.3, 0.4) is 0 Å². The normalized spacial score (nSPS) is 10.0. The molecule has 0 atom stereocenters. The first kappa shape index (κ1) is 12.8. The monoisotopic (exact) mass is 258 g/mol. The fourth-order valence-electron chi connectivity index (χ4n) is 1.63. The highest BCUT2D eigenvalue weighted by atomic mass is 16.4. The van der Waals surface area contributed by atoms with Crippen molar-refractivity contribution in [3.05, 3.63) is 42.2 Å². The van der Waals surface area contributed by atoms with Crippen LogP contribution in [0.15, 0.2) is 36.7 Å². The van der Waals surface area contributed by atoms with E-state index in [1.54, 1.807) is 31.3 Å². The van der Waals surface area contributed by atoms with Gasteiger partial charge in [0.25, 0.3) is 0 Å². The zero-order valence-electron chi connectivity index (χ0n) is 10.7. The predicted molar refractivity (Wildman–Crippen MR) is 73.0 cm³/mol. The lowest BCUT2D eigenvalue weighted by Gasteiger charge is -2.18. The molecular formula is C13H14N4O2. The van der Waals surface area contributed by atoms with Gasteiger partial charge >= 0.3 is 5.97 Å².